The zero-order chi connectivity index (χ0) is 15.9. The van der Waals surface area contributed by atoms with Crippen molar-refractivity contribution < 1.29 is 8.85 Å². The minimum Gasteiger partial charge on any atom is -0.391 e. The van der Waals surface area contributed by atoms with Crippen LogP contribution in [-0.2, 0) is 8.85 Å². The molecule has 0 radical (unpaired) electrons. The number of hydrogen-bond donors (Lipinski definition) is 0. The van der Waals surface area contributed by atoms with Gasteiger partial charge < -0.3 is 8.85 Å². The molecule has 0 N–H and O–H groups in total. The maximum Gasteiger partial charge on any atom is 0.344 e. The first kappa shape index (κ1) is 19.2. The fraction of sp³-hybridized carbons (Fsp3) is 1.00. The molecule has 1 aliphatic carbocycles. The van der Waals surface area contributed by atoms with Crippen molar-refractivity contribution in [1.29, 1.82) is 0 Å². The van der Waals surface area contributed by atoms with Crippen LogP contribution in [0.15, 0.2) is 0 Å². The summed E-state index contributed by atoms with van der Waals surface area (Å²) < 4.78 is 13.6. The van der Waals surface area contributed by atoms with Crippen LogP contribution in [0.2, 0.25) is 11.1 Å². The van der Waals surface area contributed by atoms with Crippen LogP contribution in [0, 0.1) is 0 Å². The van der Waals surface area contributed by atoms with Crippen molar-refractivity contribution in [3.8, 4) is 0 Å². The normalized spacial score (nSPS) is 24.3. The highest BCUT2D eigenvalue weighted by atomic mass is 28.4. The Labute approximate surface area is 134 Å². The van der Waals surface area contributed by atoms with Crippen LogP contribution in [0.4, 0.5) is 0 Å². The summed E-state index contributed by atoms with van der Waals surface area (Å²) >= 11 is 0. The van der Waals surface area contributed by atoms with E-state index in [1.807, 2.05) is 0 Å². The molecule has 0 spiro atoms. The molecular weight excluding hydrogens is 276 g/mol. The lowest BCUT2D eigenvalue weighted by molar-refractivity contribution is 0.0515. The molecule has 0 aromatic heterocycles. The van der Waals surface area contributed by atoms with Crippen LogP contribution in [0.1, 0.15) is 92.9 Å². The average Bonchev–Trinajstić information content (AvgIpc) is 2.53. The molecule has 1 saturated carbocycles. The largest absolute Gasteiger partial charge is 0.391 e. The molecule has 2 nitrogen and oxygen atoms in total. The zero-order valence-electron chi connectivity index (χ0n) is 15.3. The van der Waals surface area contributed by atoms with Gasteiger partial charge in [-0.05, 0) is 37.3 Å². The molecule has 21 heavy (non-hydrogen) atoms. The van der Waals surface area contributed by atoms with E-state index in [1.54, 1.807) is 0 Å². The van der Waals surface area contributed by atoms with Crippen molar-refractivity contribution in [3.63, 3.8) is 0 Å². The molecule has 1 fully saturated rings. The Morgan fingerprint density at radius 1 is 0.857 bits per heavy atom. The van der Waals surface area contributed by atoms with Gasteiger partial charge in [-0.25, -0.2) is 0 Å². The fourth-order valence-electron chi connectivity index (χ4n) is 3.39. The van der Waals surface area contributed by atoms with Crippen LogP contribution in [0.25, 0.3) is 0 Å². The average molecular weight is 315 g/mol. The smallest absolute Gasteiger partial charge is 0.344 e. The van der Waals surface area contributed by atoms with Gasteiger partial charge in [0.25, 0.3) is 0 Å². The lowest BCUT2D eigenvalue weighted by Crippen LogP contribution is -2.53. The van der Waals surface area contributed by atoms with E-state index in [9.17, 15) is 0 Å². The number of rotatable bonds is 9. The first-order valence-corrected chi connectivity index (χ1v) is 11.3. The Bertz CT molecular complexity index is 266. The van der Waals surface area contributed by atoms with Crippen molar-refractivity contribution in [2.24, 2.45) is 0 Å². The van der Waals surface area contributed by atoms with E-state index in [1.165, 1.54) is 44.9 Å². The summed E-state index contributed by atoms with van der Waals surface area (Å²) in [6, 6.07) is 0. The van der Waals surface area contributed by atoms with E-state index in [2.05, 4.69) is 41.5 Å². The summed E-state index contributed by atoms with van der Waals surface area (Å²) in [5.74, 6) is 0. The summed E-state index contributed by atoms with van der Waals surface area (Å²) in [4.78, 5) is 0. The van der Waals surface area contributed by atoms with Gasteiger partial charge in [-0.15, -0.1) is 0 Å². The maximum atomic E-state index is 6.87. The van der Waals surface area contributed by atoms with Crippen LogP contribution >= 0.6 is 0 Å². The van der Waals surface area contributed by atoms with E-state index in [4.69, 9.17) is 8.85 Å². The fourth-order valence-corrected chi connectivity index (χ4v) is 8.03. The van der Waals surface area contributed by atoms with Gasteiger partial charge in [0, 0.05) is 12.2 Å². The second-order valence-electron chi connectivity index (χ2n) is 7.05. The topological polar surface area (TPSA) is 18.5 Å². The van der Waals surface area contributed by atoms with Crippen LogP contribution < -0.4 is 0 Å². The summed E-state index contributed by atoms with van der Waals surface area (Å²) in [5.41, 5.74) is 1.15. The van der Waals surface area contributed by atoms with Gasteiger partial charge >= 0.3 is 8.56 Å². The minimum absolute atomic E-state index is 0.322. The molecule has 0 amide bonds. The first-order valence-electron chi connectivity index (χ1n) is 9.35. The summed E-state index contributed by atoms with van der Waals surface area (Å²) in [7, 11) is -2.17. The second-order valence-corrected chi connectivity index (χ2v) is 10.9. The van der Waals surface area contributed by atoms with Gasteiger partial charge in [0.05, 0.1) is 0 Å². The highest BCUT2D eigenvalue weighted by Crippen LogP contribution is 2.42. The molecule has 3 unspecified atom stereocenters. The Morgan fingerprint density at radius 3 is 1.81 bits per heavy atom. The molecule has 3 heteroatoms. The van der Waals surface area contributed by atoms with E-state index in [0.717, 1.165) is 6.42 Å². The molecule has 126 valence electrons. The molecule has 0 bridgehead atoms. The molecule has 3 atom stereocenters. The maximum absolute atomic E-state index is 6.87. The van der Waals surface area contributed by atoms with Gasteiger partial charge in [-0.2, -0.15) is 0 Å². The van der Waals surface area contributed by atoms with Crippen LogP contribution in [0.5, 0.6) is 0 Å². The van der Waals surface area contributed by atoms with Gasteiger partial charge in [-0.3, -0.25) is 0 Å². The third-order valence-electron chi connectivity index (χ3n) is 5.46. The molecule has 1 aliphatic rings. The van der Waals surface area contributed by atoms with Crippen molar-refractivity contribution in [2.45, 2.75) is 116 Å². The molecular formula is C18H38O2Si. The summed E-state index contributed by atoms with van der Waals surface area (Å²) in [5, 5.41) is 0. The first-order chi connectivity index (χ1) is 10.00. The Kier molecular flexibility index (Phi) is 8.51. The highest BCUT2D eigenvalue weighted by molar-refractivity contribution is 6.70. The van der Waals surface area contributed by atoms with Gasteiger partial charge in [0.15, 0.2) is 0 Å². The second kappa shape index (κ2) is 9.31. The van der Waals surface area contributed by atoms with E-state index in [0.29, 0.717) is 23.3 Å². The standard InChI is InChI=1S/C18H38O2Si/c1-7-15(4)19-21(16(5)8-2,17(6)9-3)20-18-13-11-10-12-14-18/h15-18H,7-14H2,1-6H3. The van der Waals surface area contributed by atoms with E-state index in [-0.39, 0.29) is 0 Å². The van der Waals surface area contributed by atoms with Crippen molar-refractivity contribution in [1.82, 2.24) is 0 Å². The highest BCUT2D eigenvalue weighted by Gasteiger charge is 2.49. The summed E-state index contributed by atoms with van der Waals surface area (Å²) in [6.45, 7) is 13.7. The van der Waals surface area contributed by atoms with Crippen LogP contribution in [0.3, 0.4) is 0 Å². The Morgan fingerprint density at radius 2 is 1.38 bits per heavy atom. The monoisotopic (exact) mass is 314 g/mol. The minimum atomic E-state index is -2.17. The lowest BCUT2D eigenvalue weighted by atomic mass is 9.98. The molecule has 0 saturated heterocycles. The molecule has 0 heterocycles. The van der Waals surface area contributed by atoms with Crippen LogP contribution in [-0.4, -0.2) is 20.8 Å². The molecule has 0 aliphatic heterocycles. The zero-order valence-corrected chi connectivity index (χ0v) is 16.3. The van der Waals surface area contributed by atoms with Crippen molar-refractivity contribution in [3.05, 3.63) is 0 Å². The van der Waals surface area contributed by atoms with E-state index >= 15 is 0 Å². The summed E-state index contributed by atoms with van der Waals surface area (Å²) in [6.07, 6.45) is 10.7. The van der Waals surface area contributed by atoms with Gasteiger partial charge in [0.1, 0.15) is 0 Å². The number of hydrogen-bond acceptors (Lipinski definition) is 2. The predicted molar refractivity (Wildman–Crippen MR) is 94.0 cm³/mol. The third-order valence-corrected chi connectivity index (χ3v) is 10.5. The molecule has 0 aromatic carbocycles. The van der Waals surface area contributed by atoms with E-state index < -0.39 is 8.56 Å². The lowest BCUT2D eigenvalue weighted by Gasteiger charge is -2.44. The SMILES string of the molecule is CCC(C)O[Si](OC1CCCCC1)(C(C)CC)C(C)CC. The Hall–Kier alpha value is 0.137. The third kappa shape index (κ3) is 5.07. The van der Waals surface area contributed by atoms with Gasteiger partial charge in [0.2, 0.25) is 0 Å². The quantitative estimate of drug-likeness (QED) is 0.472. The Balaban J connectivity index is 2.96. The molecule has 1 rings (SSSR count). The van der Waals surface area contributed by atoms with Gasteiger partial charge in [-0.1, -0.05) is 66.7 Å². The van der Waals surface area contributed by atoms with Crippen molar-refractivity contribution in [2.75, 3.05) is 0 Å². The predicted octanol–water partition coefficient (Wildman–Crippen LogP) is 6.19. The molecule has 0 aromatic rings. The van der Waals surface area contributed by atoms with Crippen molar-refractivity contribution >= 4 is 8.56 Å².